The van der Waals surface area contributed by atoms with Crippen molar-refractivity contribution in [1.82, 2.24) is 14.5 Å². The average Bonchev–Trinajstić information content (AvgIpc) is 3.06. The quantitative estimate of drug-likeness (QED) is 0.712. The van der Waals surface area contributed by atoms with Gasteiger partial charge in [0.1, 0.15) is 5.75 Å². The van der Waals surface area contributed by atoms with Crippen molar-refractivity contribution in [2.75, 3.05) is 19.7 Å². The van der Waals surface area contributed by atoms with Crippen molar-refractivity contribution in [3.8, 4) is 5.75 Å². The Morgan fingerprint density at radius 3 is 2.42 bits per heavy atom. The minimum atomic E-state index is -4.76. The molecule has 1 aliphatic heterocycles. The number of imidazole rings is 1. The maximum Gasteiger partial charge on any atom is 0.573 e. The molecule has 1 saturated carbocycles. The van der Waals surface area contributed by atoms with Crippen LogP contribution in [0.25, 0.3) is 11.0 Å². The molecule has 0 radical (unpaired) electrons. The van der Waals surface area contributed by atoms with E-state index in [1.165, 1.54) is 18.2 Å². The Balaban J connectivity index is 1.40. The third-order valence-electron chi connectivity index (χ3n) is 6.50. The topological polar surface area (TPSA) is 59.5 Å². The van der Waals surface area contributed by atoms with Crippen LogP contribution in [0.5, 0.6) is 5.75 Å². The van der Waals surface area contributed by atoms with Gasteiger partial charge in [-0.15, -0.1) is 13.2 Å². The molecule has 2 fully saturated rings. The lowest BCUT2D eigenvalue weighted by Gasteiger charge is -2.41. The van der Waals surface area contributed by atoms with Crippen LogP contribution < -0.4 is 10.4 Å². The first-order valence-corrected chi connectivity index (χ1v) is 11.2. The fraction of sp³-hybridized carbons (Fsp3) is 0.682. The highest BCUT2D eigenvalue weighted by molar-refractivity contribution is 5.77. The van der Waals surface area contributed by atoms with Crippen molar-refractivity contribution < 1.29 is 22.6 Å². The first kappa shape index (κ1) is 22.2. The van der Waals surface area contributed by atoms with E-state index in [0.717, 1.165) is 64.6 Å². The van der Waals surface area contributed by atoms with Gasteiger partial charge in [0.2, 0.25) is 0 Å². The lowest BCUT2D eigenvalue weighted by molar-refractivity contribution is -0.274. The van der Waals surface area contributed by atoms with Gasteiger partial charge in [0.25, 0.3) is 0 Å². The number of nitrogens with zero attached hydrogens (tertiary/aromatic N) is 2. The number of fused-ring (bicyclic) bond motifs is 1. The molecule has 172 valence electrons. The second-order valence-corrected chi connectivity index (χ2v) is 8.60. The number of nitrogens with one attached hydrogen (secondary N) is 1. The van der Waals surface area contributed by atoms with Gasteiger partial charge in [0.15, 0.2) is 0 Å². The molecule has 1 aromatic heterocycles. The Hall–Kier alpha value is -2.00. The predicted octanol–water partition coefficient (Wildman–Crippen LogP) is 4.60. The van der Waals surface area contributed by atoms with Crippen molar-refractivity contribution in [3.63, 3.8) is 0 Å². The SMILES string of the molecule is CCCO[C@H]1CC[C@H](N2CCC(n3c(=O)[nH]c4ccc(OC(F)(F)F)cc43)CC2)CC1. The average molecular weight is 441 g/mol. The van der Waals surface area contributed by atoms with Crippen LogP contribution in [0.2, 0.25) is 0 Å². The second kappa shape index (κ2) is 9.24. The van der Waals surface area contributed by atoms with E-state index >= 15 is 0 Å². The molecule has 1 saturated heterocycles. The van der Waals surface area contributed by atoms with E-state index in [9.17, 15) is 18.0 Å². The van der Waals surface area contributed by atoms with Crippen LogP contribution in [0.3, 0.4) is 0 Å². The van der Waals surface area contributed by atoms with Crippen molar-refractivity contribution in [2.24, 2.45) is 0 Å². The molecule has 4 rings (SSSR count). The molecular formula is C22H30F3N3O3. The lowest BCUT2D eigenvalue weighted by Crippen LogP contribution is -2.45. The number of aromatic amines is 1. The van der Waals surface area contributed by atoms with Crippen LogP contribution in [-0.4, -0.2) is 52.7 Å². The predicted molar refractivity (Wildman–Crippen MR) is 111 cm³/mol. The molecule has 31 heavy (non-hydrogen) atoms. The third kappa shape index (κ3) is 5.26. The lowest BCUT2D eigenvalue weighted by atomic mass is 9.90. The molecule has 1 aromatic carbocycles. The van der Waals surface area contributed by atoms with Crippen LogP contribution in [0.1, 0.15) is 57.9 Å². The number of piperidine rings is 1. The molecule has 6 nitrogen and oxygen atoms in total. The molecular weight excluding hydrogens is 411 g/mol. The van der Waals surface area contributed by atoms with E-state index in [4.69, 9.17) is 4.74 Å². The smallest absolute Gasteiger partial charge is 0.406 e. The summed E-state index contributed by atoms with van der Waals surface area (Å²) in [6.45, 7) is 4.72. The molecule has 0 unspecified atom stereocenters. The van der Waals surface area contributed by atoms with Crippen LogP contribution in [0, 0.1) is 0 Å². The third-order valence-corrected chi connectivity index (χ3v) is 6.50. The normalized spacial score (nSPS) is 24.0. The number of alkyl halides is 3. The molecule has 2 aliphatic rings. The van der Waals surface area contributed by atoms with Gasteiger partial charge in [-0.3, -0.25) is 4.57 Å². The van der Waals surface area contributed by atoms with Crippen LogP contribution >= 0.6 is 0 Å². The number of rotatable bonds is 6. The number of aromatic nitrogens is 2. The Kier molecular flexibility index (Phi) is 6.62. The van der Waals surface area contributed by atoms with Gasteiger partial charge in [0.05, 0.1) is 17.1 Å². The summed E-state index contributed by atoms with van der Waals surface area (Å²) in [6, 6.07) is 4.49. The zero-order valence-electron chi connectivity index (χ0n) is 17.8. The maximum atomic E-state index is 12.6. The summed E-state index contributed by atoms with van der Waals surface area (Å²) in [5.74, 6) is -0.313. The van der Waals surface area contributed by atoms with Gasteiger partial charge in [-0.05, 0) is 57.1 Å². The molecule has 2 aromatic rings. The van der Waals surface area contributed by atoms with Gasteiger partial charge in [-0.2, -0.15) is 0 Å². The van der Waals surface area contributed by atoms with E-state index in [1.807, 2.05) is 0 Å². The van der Waals surface area contributed by atoms with Crippen LogP contribution in [0.4, 0.5) is 13.2 Å². The molecule has 0 atom stereocenters. The van der Waals surface area contributed by atoms with Crippen molar-refractivity contribution in [3.05, 3.63) is 28.7 Å². The van der Waals surface area contributed by atoms with Gasteiger partial charge in [0, 0.05) is 37.8 Å². The summed E-state index contributed by atoms with van der Waals surface area (Å²) < 4.78 is 49.3. The van der Waals surface area contributed by atoms with E-state index < -0.39 is 6.36 Å². The van der Waals surface area contributed by atoms with E-state index in [0.29, 0.717) is 23.2 Å². The highest BCUT2D eigenvalue weighted by Crippen LogP contribution is 2.32. The fourth-order valence-corrected chi connectivity index (χ4v) is 5.03. The monoisotopic (exact) mass is 441 g/mol. The zero-order valence-corrected chi connectivity index (χ0v) is 17.8. The van der Waals surface area contributed by atoms with E-state index in [1.54, 1.807) is 4.57 Å². The van der Waals surface area contributed by atoms with E-state index in [-0.39, 0.29) is 17.5 Å². The highest BCUT2D eigenvalue weighted by atomic mass is 19.4. The molecule has 9 heteroatoms. The Labute approximate surface area is 179 Å². The molecule has 1 aliphatic carbocycles. The fourth-order valence-electron chi connectivity index (χ4n) is 5.03. The Morgan fingerprint density at radius 2 is 1.77 bits per heavy atom. The van der Waals surface area contributed by atoms with Crippen molar-refractivity contribution in [1.29, 1.82) is 0 Å². The number of hydrogen-bond donors (Lipinski definition) is 1. The molecule has 2 heterocycles. The van der Waals surface area contributed by atoms with Crippen molar-refractivity contribution in [2.45, 2.75) is 76.4 Å². The number of hydrogen-bond acceptors (Lipinski definition) is 4. The van der Waals surface area contributed by atoms with Gasteiger partial charge >= 0.3 is 12.1 Å². The number of benzene rings is 1. The number of halogens is 3. The maximum absolute atomic E-state index is 12.6. The summed E-state index contributed by atoms with van der Waals surface area (Å²) in [6.07, 6.45) is 2.70. The number of likely N-dealkylation sites (tertiary alicyclic amines) is 1. The summed E-state index contributed by atoms with van der Waals surface area (Å²) in [7, 11) is 0. The Morgan fingerprint density at radius 1 is 1.06 bits per heavy atom. The molecule has 0 bridgehead atoms. The largest absolute Gasteiger partial charge is 0.573 e. The van der Waals surface area contributed by atoms with Crippen molar-refractivity contribution >= 4 is 11.0 Å². The molecule has 0 amide bonds. The van der Waals surface area contributed by atoms with Crippen LogP contribution in [-0.2, 0) is 4.74 Å². The highest BCUT2D eigenvalue weighted by Gasteiger charge is 2.32. The number of ether oxygens (including phenoxy) is 2. The zero-order chi connectivity index (χ0) is 22.0. The summed E-state index contributed by atoms with van der Waals surface area (Å²) in [4.78, 5) is 17.8. The van der Waals surface area contributed by atoms with Gasteiger partial charge in [-0.25, -0.2) is 4.79 Å². The van der Waals surface area contributed by atoms with Crippen LogP contribution in [0.15, 0.2) is 23.0 Å². The first-order valence-electron chi connectivity index (χ1n) is 11.2. The van der Waals surface area contributed by atoms with Gasteiger partial charge in [-0.1, -0.05) is 6.92 Å². The minimum Gasteiger partial charge on any atom is -0.406 e. The minimum absolute atomic E-state index is 0.0390. The summed E-state index contributed by atoms with van der Waals surface area (Å²) in [5.41, 5.74) is 0.692. The molecule has 1 N–H and O–H groups in total. The number of H-pyrrole nitrogens is 1. The summed E-state index contributed by atoms with van der Waals surface area (Å²) in [5, 5.41) is 0. The standard InChI is InChI=1S/C22H30F3N3O3/c1-2-13-30-17-5-3-15(4-6-17)27-11-9-16(10-12-27)28-20-14-18(31-22(23,24)25)7-8-19(20)26-21(28)29/h7-8,14-17H,2-6,9-13H2,1H3,(H,26,29)/t15-,17-. The summed E-state index contributed by atoms with van der Waals surface area (Å²) >= 11 is 0. The molecule has 0 spiro atoms. The van der Waals surface area contributed by atoms with E-state index in [2.05, 4.69) is 21.5 Å². The van der Waals surface area contributed by atoms with Gasteiger partial charge < -0.3 is 19.4 Å². The first-order chi connectivity index (χ1) is 14.8. The second-order valence-electron chi connectivity index (χ2n) is 8.60. The Bertz CT molecular complexity index is 923.